The highest BCUT2D eigenvalue weighted by Gasteiger charge is 2.21. The zero-order valence-electron chi connectivity index (χ0n) is 8.75. The summed E-state index contributed by atoms with van der Waals surface area (Å²) in [4.78, 5) is 3.36. The molecular formula is C11H20BrNO. The molecular weight excluding hydrogens is 242 g/mol. The second-order valence-corrected chi connectivity index (χ2v) is 5.85. The third-order valence-corrected chi connectivity index (χ3v) is 4.05. The molecule has 2 aliphatic heterocycles. The summed E-state index contributed by atoms with van der Waals surface area (Å²) in [7, 11) is 0. The minimum absolute atomic E-state index is 0.732. The average molecular weight is 262 g/mol. The minimum atomic E-state index is 0.732. The van der Waals surface area contributed by atoms with Crippen LogP contribution in [0.2, 0.25) is 0 Å². The highest BCUT2D eigenvalue weighted by molar-refractivity contribution is 9.09. The van der Waals surface area contributed by atoms with Gasteiger partial charge in [0, 0.05) is 31.1 Å². The number of rotatable bonds is 2. The number of ether oxygens (including phenoxy) is 1. The molecule has 2 aliphatic rings. The summed E-state index contributed by atoms with van der Waals surface area (Å²) < 4.78 is 5.38. The Labute approximate surface area is 95.1 Å². The van der Waals surface area contributed by atoms with Gasteiger partial charge in [-0.3, -0.25) is 0 Å². The molecule has 0 spiro atoms. The van der Waals surface area contributed by atoms with E-state index in [0.29, 0.717) is 0 Å². The van der Waals surface area contributed by atoms with Gasteiger partial charge in [-0.1, -0.05) is 15.9 Å². The summed E-state index contributed by atoms with van der Waals surface area (Å²) in [5.41, 5.74) is 0. The van der Waals surface area contributed by atoms with Crippen molar-refractivity contribution in [3.63, 3.8) is 0 Å². The fourth-order valence-electron chi connectivity index (χ4n) is 2.46. The normalized spacial score (nSPS) is 31.9. The van der Waals surface area contributed by atoms with E-state index in [9.17, 15) is 0 Å². The number of hydrogen-bond donors (Lipinski definition) is 0. The molecule has 0 amide bonds. The van der Waals surface area contributed by atoms with Crippen LogP contribution in [-0.4, -0.2) is 42.6 Å². The number of hydrogen-bond acceptors (Lipinski definition) is 2. The van der Waals surface area contributed by atoms with Crippen molar-refractivity contribution in [2.45, 2.75) is 30.5 Å². The van der Waals surface area contributed by atoms with Crippen molar-refractivity contribution in [3.8, 4) is 0 Å². The first-order valence-corrected chi connectivity index (χ1v) is 6.70. The summed E-state index contributed by atoms with van der Waals surface area (Å²) in [6.07, 6.45) is 5.25. The molecule has 2 nitrogen and oxygen atoms in total. The summed E-state index contributed by atoms with van der Waals surface area (Å²) in [5, 5.41) is 0. The lowest BCUT2D eigenvalue weighted by Crippen LogP contribution is -2.40. The van der Waals surface area contributed by atoms with Crippen LogP contribution in [0, 0.1) is 5.92 Å². The zero-order valence-corrected chi connectivity index (χ0v) is 10.3. The lowest BCUT2D eigenvalue weighted by atomic mass is 9.98. The molecule has 2 rings (SSSR count). The van der Waals surface area contributed by atoms with E-state index in [1.807, 2.05) is 0 Å². The van der Waals surface area contributed by atoms with Crippen molar-refractivity contribution in [1.29, 1.82) is 0 Å². The van der Waals surface area contributed by atoms with Gasteiger partial charge in [0.1, 0.15) is 0 Å². The maximum absolute atomic E-state index is 5.38. The van der Waals surface area contributed by atoms with Gasteiger partial charge in [0.15, 0.2) is 0 Å². The topological polar surface area (TPSA) is 12.5 Å². The van der Waals surface area contributed by atoms with Crippen LogP contribution in [0.5, 0.6) is 0 Å². The van der Waals surface area contributed by atoms with Crippen molar-refractivity contribution in [2.75, 3.05) is 32.8 Å². The Morgan fingerprint density at radius 2 is 2.00 bits per heavy atom. The van der Waals surface area contributed by atoms with E-state index in [-0.39, 0.29) is 0 Å². The van der Waals surface area contributed by atoms with Crippen LogP contribution in [0.1, 0.15) is 25.7 Å². The minimum Gasteiger partial charge on any atom is -0.381 e. The molecule has 1 unspecified atom stereocenters. The summed E-state index contributed by atoms with van der Waals surface area (Å²) in [5.74, 6) is 0.890. The Bertz CT molecular complexity index is 171. The molecule has 0 saturated carbocycles. The first-order chi connectivity index (χ1) is 6.84. The quantitative estimate of drug-likeness (QED) is 0.708. The zero-order chi connectivity index (χ0) is 9.80. The second-order valence-electron chi connectivity index (χ2n) is 4.55. The summed E-state index contributed by atoms with van der Waals surface area (Å²) >= 11 is 3.73. The van der Waals surface area contributed by atoms with Crippen LogP contribution in [-0.2, 0) is 4.74 Å². The number of nitrogens with zero attached hydrogens (tertiary/aromatic N) is 1. The van der Waals surface area contributed by atoms with Crippen molar-refractivity contribution in [2.24, 2.45) is 5.92 Å². The molecule has 0 aromatic rings. The Kier molecular flexibility index (Phi) is 4.26. The van der Waals surface area contributed by atoms with E-state index in [1.54, 1.807) is 0 Å². The predicted octanol–water partition coefficient (Wildman–Crippen LogP) is 2.27. The first kappa shape index (κ1) is 10.9. The fraction of sp³-hybridized carbons (Fsp3) is 1.00. The second kappa shape index (κ2) is 5.47. The molecule has 0 radical (unpaired) electrons. The third kappa shape index (κ3) is 3.21. The number of likely N-dealkylation sites (tertiary alicyclic amines) is 1. The SMILES string of the molecule is BrC1CCCN(CC2CCOCC2)C1. The Morgan fingerprint density at radius 3 is 2.71 bits per heavy atom. The molecule has 0 N–H and O–H groups in total. The number of alkyl halides is 1. The molecule has 82 valence electrons. The van der Waals surface area contributed by atoms with Crippen molar-refractivity contribution in [3.05, 3.63) is 0 Å². The molecule has 2 heterocycles. The van der Waals surface area contributed by atoms with Crippen molar-refractivity contribution >= 4 is 15.9 Å². The van der Waals surface area contributed by atoms with Gasteiger partial charge in [0.05, 0.1) is 0 Å². The van der Waals surface area contributed by atoms with Crippen molar-refractivity contribution < 1.29 is 4.74 Å². The van der Waals surface area contributed by atoms with Crippen LogP contribution < -0.4 is 0 Å². The highest BCUT2D eigenvalue weighted by Crippen LogP contribution is 2.21. The van der Waals surface area contributed by atoms with E-state index in [0.717, 1.165) is 24.0 Å². The monoisotopic (exact) mass is 261 g/mol. The Morgan fingerprint density at radius 1 is 1.21 bits per heavy atom. The summed E-state index contributed by atoms with van der Waals surface area (Å²) in [6, 6.07) is 0. The Balaban J connectivity index is 1.72. The number of halogens is 1. The van der Waals surface area contributed by atoms with E-state index in [4.69, 9.17) is 4.74 Å². The molecule has 2 saturated heterocycles. The van der Waals surface area contributed by atoms with Crippen LogP contribution in [0.4, 0.5) is 0 Å². The molecule has 14 heavy (non-hydrogen) atoms. The smallest absolute Gasteiger partial charge is 0.0469 e. The molecule has 3 heteroatoms. The highest BCUT2D eigenvalue weighted by atomic mass is 79.9. The van der Waals surface area contributed by atoms with Gasteiger partial charge in [0.2, 0.25) is 0 Å². The van der Waals surface area contributed by atoms with Crippen LogP contribution in [0.3, 0.4) is 0 Å². The molecule has 0 bridgehead atoms. The molecule has 0 aromatic carbocycles. The van der Waals surface area contributed by atoms with Crippen LogP contribution in [0.15, 0.2) is 0 Å². The van der Waals surface area contributed by atoms with E-state index in [2.05, 4.69) is 20.8 Å². The standard InChI is InChI=1S/C11H20BrNO/c12-11-2-1-5-13(9-11)8-10-3-6-14-7-4-10/h10-11H,1-9H2. The molecule has 2 fully saturated rings. The van der Waals surface area contributed by atoms with Gasteiger partial charge < -0.3 is 9.64 Å². The Hall–Kier alpha value is 0.400. The van der Waals surface area contributed by atoms with Gasteiger partial charge in [-0.05, 0) is 38.1 Å². The molecule has 0 aromatic heterocycles. The third-order valence-electron chi connectivity index (χ3n) is 3.31. The van der Waals surface area contributed by atoms with E-state index < -0.39 is 0 Å². The van der Waals surface area contributed by atoms with Crippen molar-refractivity contribution in [1.82, 2.24) is 4.90 Å². The maximum Gasteiger partial charge on any atom is 0.0469 e. The van der Waals surface area contributed by atoms with Gasteiger partial charge in [-0.15, -0.1) is 0 Å². The van der Waals surface area contributed by atoms with E-state index >= 15 is 0 Å². The number of piperidine rings is 1. The largest absolute Gasteiger partial charge is 0.381 e. The van der Waals surface area contributed by atoms with Gasteiger partial charge >= 0.3 is 0 Å². The molecule has 1 atom stereocenters. The lowest BCUT2D eigenvalue weighted by Gasteiger charge is -2.34. The lowest BCUT2D eigenvalue weighted by molar-refractivity contribution is 0.0503. The van der Waals surface area contributed by atoms with Gasteiger partial charge in [-0.2, -0.15) is 0 Å². The first-order valence-electron chi connectivity index (χ1n) is 5.79. The fourth-order valence-corrected chi connectivity index (χ4v) is 3.19. The average Bonchev–Trinajstić information content (AvgIpc) is 2.19. The maximum atomic E-state index is 5.38. The van der Waals surface area contributed by atoms with Crippen LogP contribution >= 0.6 is 15.9 Å². The molecule has 0 aliphatic carbocycles. The summed E-state index contributed by atoms with van der Waals surface area (Å²) in [6.45, 7) is 5.81. The van der Waals surface area contributed by atoms with Gasteiger partial charge in [-0.25, -0.2) is 0 Å². The van der Waals surface area contributed by atoms with Gasteiger partial charge in [0.25, 0.3) is 0 Å². The predicted molar refractivity (Wildman–Crippen MR) is 61.9 cm³/mol. The van der Waals surface area contributed by atoms with Crippen LogP contribution in [0.25, 0.3) is 0 Å². The van der Waals surface area contributed by atoms with E-state index in [1.165, 1.54) is 45.3 Å².